The molecular formula is C24H32O5Si. The lowest BCUT2D eigenvalue weighted by Gasteiger charge is -2.36. The zero-order chi connectivity index (χ0) is 21.9. The Bertz CT molecular complexity index is 928. The van der Waals surface area contributed by atoms with E-state index in [-0.39, 0.29) is 5.04 Å². The molecule has 1 aliphatic heterocycles. The van der Waals surface area contributed by atoms with Crippen LogP contribution in [-0.4, -0.2) is 35.8 Å². The molecule has 0 aromatic heterocycles. The van der Waals surface area contributed by atoms with E-state index in [0.29, 0.717) is 19.0 Å². The molecule has 0 unspecified atom stereocenters. The fourth-order valence-electron chi connectivity index (χ4n) is 2.88. The summed E-state index contributed by atoms with van der Waals surface area (Å²) in [6.45, 7) is 12.2. The molecule has 3 rings (SSSR count). The number of hydrogen-bond donors (Lipinski definition) is 0. The maximum Gasteiger partial charge on any atom is 0.250 e. The highest BCUT2D eigenvalue weighted by Gasteiger charge is 2.39. The maximum absolute atomic E-state index is 6.52. The molecule has 0 amide bonds. The van der Waals surface area contributed by atoms with Crippen molar-refractivity contribution in [3.8, 4) is 28.7 Å². The van der Waals surface area contributed by atoms with Crippen LogP contribution in [0.3, 0.4) is 0 Å². The van der Waals surface area contributed by atoms with Crippen LogP contribution in [0.2, 0.25) is 18.1 Å². The number of methoxy groups -OCH3 is 2. The molecule has 0 atom stereocenters. The highest BCUT2D eigenvalue weighted by atomic mass is 28.4. The van der Waals surface area contributed by atoms with Crippen molar-refractivity contribution in [2.75, 3.05) is 27.4 Å². The van der Waals surface area contributed by atoms with E-state index in [2.05, 4.69) is 33.9 Å². The van der Waals surface area contributed by atoms with Crippen LogP contribution in [0.25, 0.3) is 12.2 Å². The highest BCUT2D eigenvalue weighted by molar-refractivity contribution is 6.74. The van der Waals surface area contributed by atoms with Gasteiger partial charge in [0.2, 0.25) is 0 Å². The minimum Gasteiger partial charge on any atom is -0.541 e. The van der Waals surface area contributed by atoms with Crippen LogP contribution in [0.15, 0.2) is 30.3 Å². The van der Waals surface area contributed by atoms with Gasteiger partial charge in [0.05, 0.1) is 14.2 Å². The molecule has 162 valence electrons. The Labute approximate surface area is 180 Å². The Hall–Kier alpha value is -2.60. The fraction of sp³-hybridized carbons (Fsp3) is 0.417. The fourth-order valence-corrected chi connectivity index (χ4v) is 3.90. The van der Waals surface area contributed by atoms with E-state index in [1.807, 2.05) is 42.5 Å². The molecule has 30 heavy (non-hydrogen) atoms. The minimum atomic E-state index is -1.99. The quantitative estimate of drug-likeness (QED) is 0.415. The predicted octanol–water partition coefficient (Wildman–Crippen LogP) is 6.03. The standard InChI is InChI=1S/C24H32O5Si/c1-24(2,3)30(6,7)29-23-14-17(9-11-19(23)25-4)8-10-18-15-21-22(16-20(18)26-5)28-13-12-27-21/h8-11,14-16H,12-13H2,1-7H3/b10-8+. The SMILES string of the molecule is COc1cc2c(cc1/C=C/c1ccc(OC)c(O[Si](C)(C)C(C)(C)C)c1)OCCO2. The van der Waals surface area contributed by atoms with Crippen LogP contribution < -0.4 is 23.4 Å². The molecule has 0 spiro atoms. The number of rotatable bonds is 6. The zero-order valence-corrected chi connectivity index (χ0v) is 20.0. The van der Waals surface area contributed by atoms with Crippen molar-refractivity contribution in [2.45, 2.75) is 38.9 Å². The second-order valence-corrected chi connectivity index (χ2v) is 13.6. The first-order chi connectivity index (χ1) is 14.1. The molecule has 1 aliphatic rings. The van der Waals surface area contributed by atoms with E-state index in [0.717, 1.165) is 34.1 Å². The van der Waals surface area contributed by atoms with E-state index in [4.69, 9.17) is 23.4 Å². The summed E-state index contributed by atoms with van der Waals surface area (Å²) in [4.78, 5) is 0. The summed E-state index contributed by atoms with van der Waals surface area (Å²) in [6.07, 6.45) is 4.04. The first kappa shape index (κ1) is 22.1. The zero-order valence-electron chi connectivity index (χ0n) is 19.0. The van der Waals surface area contributed by atoms with Crippen molar-refractivity contribution < 1.29 is 23.4 Å². The van der Waals surface area contributed by atoms with Crippen LogP contribution in [0.1, 0.15) is 31.9 Å². The molecule has 5 nitrogen and oxygen atoms in total. The van der Waals surface area contributed by atoms with Crippen molar-refractivity contribution in [3.05, 3.63) is 41.5 Å². The second kappa shape index (κ2) is 8.64. The Morgan fingerprint density at radius 2 is 1.47 bits per heavy atom. The minimum absolute atomic E-state index is 0.0996. The lowest BCUT2D eigenvalue weighted by Crippen LogP contribution is -2.43. The van der Waals surface area contributed by atoms with Gasteiger partial charge < -0.3 is 23.4 Å². The van der Waals surface area contributed by atoms with E-state index >= 15 is 0 Å². The second-order valence-electron chi connectivity index (χ2n) is 8.84. The van der Waals surface area contributed by atoms with Crippen LogP contribution in [0, 0.1) is 0 Å². The third kappa shape index (κ3) is 4.75. The van der Waals surface area contributed by atoms with E-state index in [1.165, 1.54) is 0 Å². The lowest BCUT2D eigenvalue weighted by atomic mass is 10.1. The van der Waals surface area contributed by atoms with Crippen LogP contribution in [0.4, 0.5) is 0 Å². The Morgan fingerprint density at radius 1 is 0.833 bits per heavy atom. The van der Waals surface area contributed by atoms with Crippen LogP contribution in [0.5, 0.6) is 28.7 Å². The molecule has 0 saturated carbocycles. The lowest BCUT2D eigenvalue weighted by molar-refractivity contribution is 0.170. The van der Waals surface area contributed by atoms with Crippen molar-refractivity contribution in [3.63, 3.8) is 0 Å². The monoisotopic (exact) mass is 428 g/mol. The van der Waals surface area contributed by atoms with Gasteiger partial charge in [-0.25, -0.2) is 0 Å². The number of benzene rings is 2. The highest BCUT2D eigenvalue weighted by Crippen LogP contribution is 2.41. The molecule has 0 bridgehead atoms. The van der Waals surface area contributed by atoms with Gasteiger partial charge in [-0.1, -0.05) is 39.0 Å². The van der Waals surface area contributed by atoms with Crippen molar-refractivity contribution in [1.29, 1.82) is 0 Å². The smallest absolute Gasteiger partial charge is 0.250 e. The van der Waals surface area contributed by atoms with Gasteiger partial charge in [0, 0.05) is 11.6 Å². The van der Waals surface area contributed by atoms with Gasteiger partial charge in [-0.05, 0) is 41.9 Å². The van der Waals surface area contributed by atoms with Gasteiger partial charge in [-0.3, -0.25) is 0 Å². The van der Waals surface area contributed by atoms with Crippen LogP contribution in [-0.2, 0) is 0 Å². The van der Waals surface area contributed by atoms with Gasteiger partial charge >= 0.3 is 0 Å². The van der Waals surface area contributed by atoms with E-state index in [9.17, 15) is 0 Å². The van der Waals surface area contributed by atoms with Gasteiger partial charge in [-0.15, -0.1) is 0 Å². The molecule has 0 fully saturated rings. The number of ether oxygens (including phenoxy) is 4. The molecular weight excluding hydrogens is 396 g/mol. The molecule has 2 aromatic carbocycles. The normalized spacial score (nSPS) is 14.0. The average molecular weight is 429 g/mol. The molecule has 0 saturated heterocycles. The summed E-state index contributed by atoms with van der Waals surface area (Å²) >= 11 is 0. The largest absolute Gasteiger partial charge is 0.541 e. The summed E-state index contributed by atoms with van der Waals surface area (Å²) in [5.41, 5.74) is 1.94. The van der Waals surface area contributed by atoms with Crippen molar-refractivity contribution in [1.82, 2.24) is 0 Å². The van der Waals surface area contributed by atoms with Crippen molar-refractivity contribution >= 4 is 20.5 Å². The first-order valence-electron chi connectivity index (χ1n) is 10.2. The summed E-state index contributed by atoms with van der Waals surface area (Å²) in [7, 11) is 1.34. The predicted molar refractivity (Wildman–Crippen MR) is 124 cm³/mol. The number of hydrogen-bond acceptors (Lipinski definition) is 5. The maximum atomic E-state index is 6.52. The van der Waals surface area contributed by atoms with E-state index < -0.39 is 8.32 Å². The summed E-state index contributed by atoms with van der Waals surface area (Å²) < 4.78 is 28.9. The van der Waals surface area contributed by atoms with E-state index in [1.54, 1.807) is 14.2 Å². The Morgan fingerprint density at radius 3 is 2.07 bits per heavy atom. The molecule has 0 N–H and O–H groups in total. The molecule has 1 heterocycles. The van der Waals surface area contributed by atoms with Gasteiger partial charge in [0.25, 0.3) is 8.32 Å². The molecule has 2 aromatic rings. The van der Waals surface area contributed by atoms with Crippen LogP contribution >= 0.6 is 0 Å². The van der Waals surface area contributed by atoms with Gasteiger partial charge in [0.1, 0.15) is 24.7 Å². The van der Waals surface area contributed by atoms with Gasteiger partial charge in [-0.2, -0.15) is 0 Å². The summed E-state index contributed by atoms with van der Waals surface area (Å²) in [5, 5.41) is 0.0996. The summed E-state index contributed by atoms with van der Waals surface area (Å²) in [5.74, 6) is 3.71. The Balaban J connectivity index is 1.91. The molecule has 6 heteroatoms. The molecule has 0 aliphatic carbocycles. The Kier molecular flexibility index (Phi) is 6.36. The molecule has 0 radical (unpaired) electrons. The van der Waals surface area contributed by atoms with Gasteiger partial charge in [0.15, 0.2) is 17.2 Å². The average Bonchev–Trinajstić information content (AvgIpc) is 2.70. The number of fused-ring (bicyclic) bond motifs is 1. The van der Waals surface area contributed by atoms with Crippen molar-refractivity contribution in [2.24, 2.45) is 0 Å². The first-order valence-corrected chi connectivity index (χ1v) is 13.1. The summed E-state index contributed by atoms with van der Waals surface area (Å²) in [6, 6.07) is 9.80. The topological polar surface area (TPSA) is 46.2 Å². The third-order valence-electron chi connectivity index (χ3n) is 5.71. The third-order valence-corrected chi connectivity index (χ3v) is 10.1.